The number of rotatable bonds is 3. The zero-order valence-corrected chi connectivity index (χ0v) is 12.8. The summed E-state index contributed by atoms with van der Waals surface area (Å²) in [6.45, 7) is 6.07. The van der Waals surface area contributed by atoms with Crippen molar-refractivity contribution in [3.8, 4) is 0 Å². The molecule has 21 heavy (non-hydrogen) atoms. The van der Waals surface area contributed by atoms with Crippen molar-refractivity contribution in [1.29, 1.82) is 0 Å². The van der Waals surface area contributed by atoms with E-state index in [0.29, 0.717) is 17.7 Å². The van der Waals surface area contributed by atoms with Crippen LogP contribution in [0.25, 0.3) is 0 Å². The maximum Gasteiger partial charge on any atom is 0.223 e. The Hall–Kier alpha value is -1.42. The van der Waals surface area contributed by atoms with E-state index in [9.17, 15) is 9.18 Å². The van der Waals surface area contributed by atoms with E-state index >= 15 is 0 Å². The first-order chi connectivity index (χ1) is 10.0. The third-order valence-corrected chi connectivity index (χ3v) is 5.07. The van der Waals surface area contributed by atoms with Crippen LogP contribution in [0.5, 0.6) is 0 Å². The monoisotopic (exact) mass is 290 g/mol. The van der Waals surface area contributed by atoms with Crippen molar-refractivity contribution in [2.75, 3.05) is 13.1 Å². The molecule has 1 saturated carbocycles. The first kappa shape index (κ1) is 14.5. The van der Waals surface area contributed by atoms with E-state index in [1.165, 1.54) is 0 Å². The lowest BCUT2D eigenvalue weighted by Crippen LogP contribution is -2.33. The van der Waals surface area contributed by atoms with Gasteiger partial charge in [-0.2, -0.15) is 0 Å². The Morgan fingerprint density at radius 1 is 1.33 bits per heavy atom. The molecule has 0 aromatic heterocycles. The van der Waals surface area contributed by atoms with Crippen LogP contribution in [0.15, 0.2) is 12.1 Å². The van der Waals surface area contributed by atoms with Gasteiger partial charge in [0.05, 0.1) is 0 Å². The number of hydrogen-bond acceptors (Lipinski definition) is 2. The highest BCUT2D eigenvalue weighted by molar-refractivity contribution is 5.82. The van der Waals surface area contributed by atoms with E-state index in [-0.39, 0.29) is 23.1 Å². The smallest absolute Gasteiger partial charge is 0.223 e. The molecule has 1 unspecified atom stereocenters. The molecular weight excluding hydrogens is 267 g/mol. The van der Waals surface area contributed by atoms with Crippen LogP contribution in [-0.2, 0) is 11.3 Å². The number of nitrogens with one attached hydrogen (secondary N) is 2. The van der Waals surface area contributed by atoms with E-state index in [2.05, 4.69) is 10.6 Å². The normalized spacial score (nSPS) is 23.1. The summed E-state index contributed by atoms with van der Waals surface area (Å²) in [4.78, 5) is 12.3. The minimum atomic E-state index is -0.152. The molecule has 3 nitrogen and oxygen atoms in total. The molecule has 1 atom stereocenters. The molecule has 0 bridgehead atoms. The molecule has 1 aliphatic carbocycles. The standard InChI is InChI=1S/C17H23FN2O/c1-11-7-13(8-12(2)15(11)18)10-20-16(21)14-9-17(14)3-5-19-6-4-17/h7-8,14,19H,3-6,9-10H2,1-2H3,(H,20,21). The molecule has 2 N–H and O–H groups in total. The summed E-state index contributed by atoms with van der Waals surface area (Å²) in [6.07, 6.45) is 3.25. The number of halogens is 1. The molecule has 2 aliphatic rings. The van der Waals surface area contributed by atoms with Gasteiger partial charge in [-0.3, -0.25) is 4.79 Å². The summed E-state index contributed by atoms with van der Waals surface area (Å²) < 4.78 is 13.6. The highest BCUT2D eigenvalue weighted by atomic mass is 19.1. The van der Waals surface area contributed by atoms with Gasteiger partial charge >= 0.3 is 0 Å². The Labute approximate surface area is 125 Å². The largest absolute Gasteiger partial charge is 0.352 e. The topological polar surface area (TPSA) is 41.1 Å². The number of hydrogen-bond donors (Lipinski definition) is 2. The van der Waals surface area contributed by atoms with Gasteiger partial charge in [0, 0.05) is 12.5 Å². The molecule has 4 heteroatoms. The summed E-state index contributed by atoms with van der Waals surface area (Å²) in [5, 5.41) is 6.37. The summed E-state index contributed by atoms with van der Waals surface area (Å²) in [6, 6.07) is 3.63. The van der Waals surface area contributed by atoms with E-state index in [4.69, 9.17) is 0 Å². The molecule has 1 heterocycles. The first-order valence-electron chi connectivity index (χ1n) is 7.76. The lowest BCUT2D eigenvalue weighted by atomic mass is 9.92. The van der Waals surface area contributed by atoms with Crippen LogP contribution in [0.1, 0.15) is 36.0 Å². The molecular formula is C17H23FN2O. The summed E-state index contributed by atoms with van der Waals surface area (Å²) in [7, 11) is 0. The van der Waals surface area contributed by atoms with E-state index in [0.717, 1.165) is 37.9 Å². The minimum absolute atomic E-state index is 0.152. The van der Waals surface area contributed by atoms with Crippen LogP contribution in [0, 0.1) is 31.0 Å². The molecule has 0 radical (unpaired) electrons. The predicted octanol–water partition coefficient (Wildman–Crippen LogP) is 2.45. The van der Waals surface area contributed by atoms with E-state index < -0.39 is 0 Å². The van der Waals surface area contributed by atoms with Crippen molar-refractivity contribution in [2.45, 2.75) is 39.7 Å². The summed E-state index contributed by atoms with van der Waals surface area (Å²) >= 11 is 0. The first-order valence-corrected chi connectivity index (χ1v) is 7.76. The van der Waals surface area contributed by atoms with Gasteiger partial charge in [0.1, 0.15) is 5.82 Å². The van der Waals surface area contributed by atoms with Crippen molar-refractivity contribution in [2.24, 2.45) is 11.3 Å². The van der Waals surface area contributed by atoms with Gasteiger partial charge in [0.25, 0.3) is 0 Å². The Bertz CT molecular complexity index is 541. The van der Waals surface area contributed by atoms with Gasteiger partial charge in [0.15, 0.2) is 0 Å². The average Bonchev–Trinajstić information content (AvgIpc) is 3.16. The van der Waals surface area contributed by atoms with E-state index in [1.54, 1.807) is 13.8 Å². The Kier molecular flexibility index (Phi) is 3.74. The molecule has 1 amide bonds. The van der Waals surface area contributed by atoms with Crippen molar-refractivity contribution in [3.05, 3.63) is 34.6 Å². The van der Waals surface area contributed by atoms with Crippen molar-refractivity contribution in [3.63, 3.8) is 0 Å². The van der Waals surface area contributed by atoms with Crippen LogP contribution in [0.3, 0.4) is 0 Å². The fraction of sp³-hybridized carbons (Fsp3) is 0.588. The van der Waals surface area contributed by atoms with Gasteiger partial charge in [-0.25, -0.2) is 4.39 Å². The van der Waals surface area contributed by atoms with Gasteiger partial charge in [-0.05, 0) is 68.3 Å². The summed E-state index contributed by atoms with van der Waals surface area (Å²) in [5.41, 5.74) is 2.52. The predicted molar refractivity (Wildman–Crippen MR) is 80.4 cm³/mol. The second-order valence-corrected chi connectivity index (χ2v) is 6.63. The fourth-order valence-corrected chi connectivity index (χ4v) is 3.65. The Balaban J connectivity index is 1.57. The van der Waals surface area contributed by atoms with Crippen molar-refractivity contribution in [1.82, 2.24) is 10.6 Å². The highest BCUT2D eigenvalue weighted by Gasteiger charge is 2.57. The van der Waals surface area contributed by atoms with Gasteiger partial charge in [-0.15, -0.1) is 0 Å². The third-order valence-electron chi connectivity index (χ3n) is 5.07. The molecule has 1 spiro atoms. The molecule has 114 valence electrons. The maximum atomic E-state index is 13.6. The molecule has 3 rings (SSSR count). The number of benzene rings is 1. The van der Waals surface area contributed by atoms with Gasteiger partial charge < -0.3 is 10.6 Å². The minimum Gasteiger partial charge on any atom is -0.352 e. The van der Waals surface area contributed by atoms with Crippen LogP contribution >= 0.6 is 0 Å². The number of aryl methyl sites for hydroxylation is 2. The lowest BCUT2D eigenvalue weighted by molar-refractivity contribution is -0.123. The number of amides is 1. The summed E-state index contributed by atoms with van der Waals surface area (Å²) in [5.74, 6) is 0.194. The van der Waals surface area contributed by atoms with Crippen LogP contribution in [-0.4, -0.2) is 19.0 Å². The van der Waals surface area contributed by atoms with Crippen molar-refractivity contribution < 1.29 is 9.18 Å². The maximum absolute atomic E-state index is 13.6. The lowest BCUT2D eigenvalue weighted by Gasteiger charge is -2.23. The molecule has 1 saturated heterocycles. The molecule has 2 fully saturated rings. The molecule has 1 aromatic rings. The van der Waals surface area contributed by atoms with Gasteiger partial charge in [-0.1, -0.05) is 12.1 Å². The van der Waals surface area contributed by atoms with Crippen molar-refractivity contribution >= 4 is 5.91 Å². The number of piperidine rings is 1. The van der Waals surface area contributed by atoms with Crippen LogP contribution < -0.4 is 10.6 Å². The quantitative estimate of drug-likeness (QED) is 0.898. The van der Waals surface area contributed by atoms with E-state index in [1.807, 2.05) is 12.1 Å². The second-order valence-electron chi connectivity index (χ2n) is 6.63. The number of carbonyl (C=O) groups is 1. The Morgan fingerprint density at radius 3 is 2.57 bits per heavy atom. The molecule has 1 aromatic carbocycles. The third kappa shape index (κ3) is 2.82. The fourth-order valence-electron chi connectivity index (χ4n) is 3.65. The van der Waals surface area contributed by atoms with Gasteiger partial charge in [0.2, 0.25) is 5.91 Å². The zero-order chi connectivity index (χ0) is 15.0. The average molecular weight is 290 g/mol. The molecule has 1 aliphatic heterocycles. The zero-order valence-electron chi connectivity index (χ0n) is 12.8. The van der Waals surface area contributed by atoms with Crippen LogP contribution in [0.2, 0.25) is 0 Å². The Morgan fingerprint density at radius 2 is 1.95 bits per heavy atom. The highest BCUT2D eigenvalue weighted by Crippen LogP contribution is 2.58. The SMILES string of the molecule is Cc1cc(CNC(=O)C2CC23CCNCC3)cc(C)c1F. The van der Waals surface area contributed by atoms with Crippen LogP contribution in [0.4, 0.5) is 4.39 Å². The number of carbonyl (C=O) groups excluding carboxylic acids is 1. The second kappa shape index (κ2) is 5.41.